The van der Waals surface area contributed by atoms with E-state index in [1.54, 1.807) is 0 Å². The minimum absolute atomic E-state index is 0.0876. The molecule has 2 atom stereocenters. The molecule has 1 N–H and O–H groups in total. The zero-order valence-electron chi connectivity index (χ0n) is 13.6. The maximum atomic E-state index is 11.8. The summed E-state index contributed by atoms with van der Waals surface area (Å²) in [7, 11) is -4.32. The van der Waals surface area contributed by atoms with E-state index in [0.29, 0.717) is 25.0 Å². The lowest BCUT2D eigenvalue weighted by atomic mass is 9.78. The molecule has 0 bridgehead atoms. The molecule has 2 aliphatic rings. The second kappa shape index (κ2) is 7.36. The van der Waals surface area contributed by atoms with Crippen LogP contribution < -0.4 is 0 Å². The summed E-state index contributed by atoms with van der Waals surface area (Å²) in [4.78, 5) is 10.2. The van der Waals surface area contributed by atoms with Crippen LogP contribution in [0.5, 0.6) is 0 Å². The molecular weight excluding hydrogens is 350 g/mol. The van der Waals surface area contributed by atoms with Gasteiger partial charge in [0.2, 0.25) is 0 Å². The third kappa shape index (κ3) is 4.35. The van der Waals surface area contributed by atoms with Gasteiger partial charge in [0.15, 0.2) is 6.29 Å². The minimum Gasteiger partial charge on any atom is -0.353 e. The Labute approximate surface area is 146 Å². The van der Waals surface area contributed by atoms with Crippen molar-refractivity contribution >= 4 is 15.8 Å². The smallest absolute Gasteiger partial charge is 0.272 e. The van der Waals surface area contributed by atoms with E-state index in [2.05, 4.69) is 0 Å². The fourth-order valence-corrected chi connectivity index (χ4v) is 4.68. The minimum atomic E-state index is -4.32. The zero-order chi connectivity index (χ0) is 18.0. The van der Waals surface area contributed by atoms with Crippen molar-refractivity contribution in [3.8, 4) is 0 Å². The molecule has 1 aromatic rings. The first-order valence-electron chi connectivity index (χ1n) is 8.32. The number of nitro benzene ring substituents is 1. The summed E-state index contributed by atoms with van der Waals surface area (Å²) in [6, 6.07) is 5.26. The molecule has 3 rings (SSSR count). The molecule has 1 aliphatic carbocycles. The average Bonchev–Trinajstić information content (AvgIpc) is 2.53. The number of hydrogen-bond acceptors (Lipinski definition) is 6. The van der Waals surface area contributed by atoms with Gasteiger partial charge in [-0.25, -0.2) is 0 Å². The Bertz CT molecular complexity index is 707. The summed E-state index contributed by atoms with van der Waals surface area (Å²) in [5, 5.41) is 9.63. The predicted octanol–water partition coefficient (Wildman–Crippen LogP) is 2.85. The van der Waals surface area contributed by atoms with Crippen LogP contribution in [0.25, 0.3) is 0 Å². The van der Waals surface area contributed by atoms with Crippen LogP contribution in [-0.4, -0.2) is 36.9 Å². The third-order valence-electron chi connectivity index (χ3n) is 4.79. The first kappa shape index (κ1) is 18.2. The van der Waals surface area contributed by atoms with Crippen LogP contribution in [0.1, 0.15) is 42.9 Å². The van der Waals surface area contributed by atoms with E-state index in [1.165, 1.54) is 24.3 Å². The first-order valence-corrected chi connectivity index (χ1v) is 9.82. The van der Waals surface area contributed by atoms with Crippen molar-refractivity contribution in [3.05, 3.63) is 39.9 Å². The molecule has 25 heavy (non-hydrogen) atoms. The van der Waals surface area contributed by atoms with Gasteiger partial charge in [-0.2, -0.15) is 8.42 Å². The Balaban J connectivity index is 1.65. The van der Waals surface area contributed by atoms with E-state index in [4.69, 9.17) is 9.47 Å². The van der Waals surface area contributed by atoms with Crippen molar-refractivity contribution < 1.29 is 27.4 Å². The SMILES string of the molecule is O=[N+]([O-])c1ccc(C(C2CC(OC3CCCCO3)C2)S(=O)(=O)O)cc1. The van der Waals surface area contributed by atoms with Crippen molar-refractivity contribution in [2.75, 3.05) is 6.61 Å². The van der Waals surface area contributed by atoms with Crippen molar-refractivity contribution in [3.63, 3.8) is 0 Å². The Morgan fingerprint density at radius 1 is 1.24 bits per heavy atom. The highest BCUT2D eigenvalue weighted by Gasteiger charge is 2.43. The summed E-state index contributed by atoms with van der Waals surface area (Å²) >= 11 is 0. The molecule has 8 nitrogen and oxygen atoms in total. The van der Waals surface area contributed by atoms with Gasteiger partial charge in [-0.05, 0) is 43.6 Å². The van der Waals surface area contributed by atoms with E-state index < -0.39 is 20.3 Å². The summed E-state index contributed by atoms with van der Waals surface area (Å²) in [6.45, 7) is 0.678. The monoisotopic (exact) mass is 371 g/mol. The van der Waals surface area contributed by atoms with E-state index in [0.717, 1.165) is 19.3 Å². The number of non-ortho nitro benzene ring substituents is 1. The van der Waals surface area contributed by atoms with E-state index in [-0.39, 0.29) is 24.0 Å². The van der Waals surface area contributed by atoms with Crippen LogP contribution in [-0.2, 0) is 19.6 Å². The molecule has 0 amide bonds. The van der Waals surface area contributed by atoms with E-state index >= 15 is 0 Å². The van der Waals surface area contributed by atoms with Gasteiger partial charge < -0.3 is 9.47 Å². The fraction of sp³-hybridized carbons (Fsp3) is 0.625. The summed E-state index contributed by atoms with van der Waals surface area (Å²) in [6.07, 6.45) is 3.60. The van der Waals surface area contributed by atoms with Gasteiger partial charge in [-0.1, -0.05) is 12.1 Å². The number of nitrogens with zero attached hydrogens (tertiary/aromatic N) is 1. The molecule has 2 fully saturated rings. The first-order chi connectivity index (χ1) is 11.8. The van der Waals surface area contributed by atoms with Gasteiger partial charge in [-0.3, -0.25) is 14.7 Å². The van der Waals surface area contributed by atoms with Crippen molar-refractivity contribution in [2.45, 2.75) is 49.7 Å². The van der Waals surface area contributed by atoms with Gasteiger partial charge in [0.25, 0.3) is 15.8 Å². The Hall–Kier alpha value is -1.55. The Morgan fingerprint density at radius 2 is 1.92 bits per heavy atom. The second-order valence-corrected chi connectivity index (χ2v) is 8.11. The molecule has 0 aromatic heterocycles. The number of benzene rings is 1. The number of hydrogen-bond donors (Lipinski definition) is 1. The van der Waals surface area contributed by atoms with Gasteiger partial charge in [0.1, 0.15) is 5.25 Å². The lowest BCUT2D eigenvalue weighted by Gasteiger charge is -2.41. The van der Waals surface area contributed by atoms with Gasteiger partial charge in [0.05, 0.1) is 11.0 Å². The third-order valence-corrected chi connectivity index (χ3v) is 6.09. The molecule has 0 spiro atoms. The molecule has 138 valence electrons. The quantitative estimate of drug-likeness (QED) is 0.464. The largest absolute Gasteiger partial charge is 0.353 e. The molecule has 1 heterocycles. The summed E-state index contributed by atoms with van der Waals surface area (Å²) in [5.74, 6) is -0.287. The van der Waals surface area contributed by atoms with Gasteiger partial charge in [0, 0.05) is 18.7 Å². The van der Waals surface area contributed by atoms with Gasteiger partial charge in [-0.15, -0.1) is 0 Å². The zero-order valence-corrected chi connectivity index (χ0v) is 14.4. The summed E-state index contributed by atoms with van der Waals surface area (Å²) in [5.41, 5.74) is 0.229. The lowest BCUT2D eigenvalue weighted by Crippen LogP contribution is -2.40. The Kier molecular flexibility index (Phi) is 5.38. The van der Waals surface area contributed by atoms with Crippen molar-refractivity contribution in [1.29, 1.82) is 0 Å². The maximum absolute atomic E-state index is 11.8. The lowest BCUT2D eigenvalue weighted by molar-refractivity contribution is -0.384. The highest BCUT2D eigenvalue weighted by Crippen LogP contribution is 2.44. The molecule has 2 unspecified atom stereocenters. The second-order valence-electron chi connectivity index (χ2n) is 6.57. The van der Waals surface area contributed by atoms with Crippen LogP contribution in [0.3, 0.4) is 0 Å². The van der Waals surface area contributed by atoms with Crippen LogP contribution in [0, 0.1) is 16.0 Å². The molecule has 1 saturated heterocycles. The van der Waals surface area contributed by atoms with Crippen LogP contribution in [0.4, 0.5) is 5.69 Å². The van der Waals surface area contributed by atoms with Crippen LogP contribution >= 0.6 is 0 Å². The molecule has 9 heteroatoms. The average molecular weight is 371 g/mol. The standard InChI is InChI=1S/C16H21NO7S/c18-17(19)13-6-4-11(5-7-13)16(25(20,21)22)12-9-14(10-12)24-15-3-1-2-8-23-15/h4-7,12,14-16H,1-3,8-10H2,(H,20,21,22). The normalized spacial score (nSPS) is 28.1. The van der Waals surface area contributed by atoms with Crippen molar-refractivity contribution in [2.24, 2.45) is 5.92 Å². The van der Waals surface area contributed by atoms with Crippen LogP contribution in [0.2, 0.25) is 0 Å². The van der Waals surface area contributed by atoms with Crippen LogP contribution in [0.15, 0.2) is 24.3 Å². The number of ether oxygens (including phenoxy) is 2. The van der Waals surface area contributed by atoms with Crippen molar-refractivity contribution in [1.82, 2.24) is 0 Å². The topological polar surface area (TPSA) is 116 Å². The molecule has 0 radical (unpaired) electrons. The fourth-order valence-electron chi connectivity index (χ4n) is 3.47. The number of nitro groups is 1. The summed E-state index contributed by atoms with van der Waals surface area (Å²) < 4.78 is 44.6. The highest BCUT2D eigenvalue weighted by molar-refractivity contribution is 7.86. The molecule has 1 aromatic carbocycles. The van der Waals surface area contributed by atoms with E-state index in [9.17, 15) is 23.1 Å². The van der Waals surface area contributed by atoms with E-state index in [1.807, 2.05) is 0 Å². The number of rotatable bonds is 6. The molecule has 1 aliphatic heterocycles. The Morgan fingerprint density at radius 3 is 2.44 bits per heavy atom. The maximum Gasteiger partial charge on any atom is 0.272 e. The van der Waals surface area contributed by atoms with Gasteiger partial charge >= 0.3 is 0 Å². The molecule has 1 saturated carbocycles. The predicted molar refractivity (Wildman–Crippen MR) is 88.6 cm³/mol. The molecular formula is C16H21NO7S. The highest BCUT2D eigenvalue weighted by atomic mass is 32.2.